The molecule has 0 saturated carbocycles. The maximum atomic E-state index is 11.1. The number of rotatable bonds is 2. The van der Waals surface area contributed by atoms with Crippen LogP contribution in [0.5, 0.6) is 0 Å². The average Bonchev–Trinajstić information content (AvgIpc) is 2.19. The Hall–Kier alpha value is -1.26. The number of carbonyl (C=O) groups is 1. The molecule has 0 radical (unpaired) electrons. The van der Waals surface area contributed by atoms with Crippen LogP contribution in [0, 0.1) is 0 Å². The Kier molecular flexibility index (Phi) is 11.0. The molecule has 4 nitrogen and oxygen atoms in total. The molecule has 92 valence electrons. The molecule has 5 heteroatoms. The quantitative estimate of drug-likeness (QED) is 0.617. The highest BCUT2D eigenvalue weighted by molar-refractivity contribution is 5.90. The van der Waals surface area contributed by atoms with Crippen LogP contribution in [0.3, 0.4) is 0 Å². The second-order valence-electron chi connectivity index (χ2n) is 2.75. The van der Waals surface area contributed by atoms with E-state index < -0.39 is 0 Å². The summed E-state index contributed by atoms with van der Waals surface area (Å²) >= 11 is 0. The van der Waals surface area contributed by atoms with Gasteiger partial charge in [0.25, 0.3) is 0 Å². The van der Waals surface area contributed by atoms with Crippen molar-refractivity contribution in [1.82, 2.24) is 0 Å². The molecule has 1 aromatic rings. The van der Waals surface area contributed by atoms with Gasteiger partial charge in [0, 0.05) is 5.69 Å². The maximum Gasteiger partial charge on any atom is 0.338 e. The summed E-state index contributed by atoms with van der Waals surface area (Å²) in [4.78, 5) is 11.1. The van der Waals surface area contributed by atoms with Crippen LogP contribution in [0.4, 0.5) is 5.69 Å². The van der Waals surface area contributed by atoms with Crippen LogP contribution in [-0.4, -0.2) is 19.1 Å². The van der Waals surface area contributed by atoms with E-state index in [1.165, 1.54) is 0 Å². The second kappa shape index (κ2) is 10.3. The van der Waals surface area contributed by atoms with Crippen LogP contribution in [0.2, 0.25) is 0 Å². The third-order valence-corrected chi connectivity index (χ3v) is 1.40. The normalized spacial score (nSPS) is 8.19. The zero-order valence-electron chi connectivity index (χ0n) is 9.60. The van der Waals surface area contributed by atoms with E-state index in [0.717, 1.165) is 6.54 Å². The highest BCUT2D eigenvalue weighted by atomic mass is 35.5. The van der Waals surface area contributed by atoms with Crippen molar-refractivity contribution in [3.8, 4) is 0 Å². The van der Waals surface area contributed by atoms with E-state index in [9.17, 15) is 4.79 Å². The molecule has 0 aliphatic heterocycles. The molecule has 0 aliphatic carbocycles. The number of esters is 1. The van der Waals surface area contributed by atoms with Crippen LogP contribution in [0.25, 0.3) is 0 Å². The van der Waals surface area contributed by atoms with Crippen LogP contribution in [-0.2, 0) is 4.74 Å². The smallest absolute Gasteiger partial charge is 0.338 e. The number of hydrogen-bond donors (Lipinski definition) is 2. The van der Waals surface area contributed by atoms with Crippen LogP contribution >= 0.6 is 12.4 Å². The predicted molar refractivity (Wildman–Crippen MR) is 68.8 cm³/mol. The van der Waals surface area contributed by atoms with Gasteiger partial charge < -0.3 is 16.2 Å². The lowest BCUT2D eigenvalue weighted by atomic mass is 10.2. The third kappa shape index (κ3) is 7.09. The number of nitrogen functional groups attached to an aromatic ring is 1. The fraction of sp³-hybridized carbons (Fsp3) is 0.364. The summed E-state index contributed by atoms with van der Waals surface area (Å²) in [5, 5.41) is 0. The molecule has 0 amide bonds. The van der Waals surface area contributed by atoms with Crippen molar-refractivity contribution >= 4 is 24.1 Å². The largest absolute Gasteiger partial charge is 0.462 e. The van der Waals surface area contributed by atoms with Gasteiger partial charge >= 0.3 is 5.97 Å². The molecule has 4 N–H and O–H groups in total. The highest BCUT2D eigenvalue weighted by Crippen LogP contribution is 2.07. The van der Waals surface area contributed by atoms with Gasteiger partial charge in [-0.15, -0.1) is 12.4 Å². The summed E-state index contributed by atoms with van der Waals surface area (Å²) in [6.45, 7) is 4.80. The number of anilines is 1. The number of carbonyl (C=O) groups excluding carboxylic acids is 1. The molecule has 0 aliphatic rings. The number of halogens is 1. The van der Waals surface area contributed by atoms with Crippen LogP contribution in [0.15, 0.2) is 24.3 Å². The molecule has 0 fully saturated rings. The SMILES string of the molecule is CCN.CCOC(=O)c1cccc(N)c1.Cl. The van der Waals surface area contributed by atoms with Gasteiger partial charge in [0.05, 0.1) is 12.2 Å². The lowest BCUT2D eigenvalue weighted by Gasteiger charge is -2.01. The molecule has 16 heavy (non-hydrogen) atoms. The highest BCUT2D eigenvalue weighted by Gasteiger charge is 2.04. The van der Waals surface area contributed by atoms with Crippen molar-refractivity contribution in [3.05, 3.63) is 29.8 Å². The van der Waals surface area contributed by atoms with E-state index in [0.29, 0.717) is 17.9 Å². The summed E-state index contributed by atoms with van der Waals surface area (Å²) in [5.41, 5.74) is 11.4. The van der Waals surface area contributed by atoms with Crippen molar-refractivity contribution in [3.63, 3.8) is 0 Å². The first-order valence-corrected chi connectivity index (χ1v) is 4.88. The lowest BCUT2D eigenvalue weighted by molar-refractivity contribution is 0.0526. The molecule has 1 rings (SSSR count). The topological polar surface area (TPSA) is 78.3 Å². The zero-order valence-corrected chi connectivity index (χ0v) is 10.4. The first-order valence-electron chi connectivity index (χ1n) is 4.88. The zero-order chi connectivity index (χ0) is 11.7. The fourth-order valence-corrected chi connectivity index (χ4v) is 0.880. The standard InChI is InChI=1S/C9H11NO2.C2H7N.ClH/c1-2-12-9(11)7-4-3-5-8(10)6-7;1-2-3;/h3-6H,2,10H2,1H3;2-3H2,1H3;1H. The Morgan fingerprint density at radius 1 is 1.38 bits per heavy atom. The summed E-state index contributed by atoms with van der Waals surface area (Å²) in [7, 11) is 0. The monoisotopic (exact) mass is 246 g/mol. The Morgan fingerprint density at radius 2 is 1.94 bits per heavy atom. The Balaban J connectivity index is 0. The van der Waals surface area contributed by atoms with Gasteiger partial charge in [0.1, 0.15) is 0 Å². The van der Waals surface area contributed by atoms with E-state index in [4.69, 9.17) is 16.2 Å². The number of hydrogen-bond acceptors (Lipinski definition) is 4. The maximum absolute atomic E-state index is 11.1. The van der Waals surface area contributed by atoms with Crippen LogP contribution < -0.4 is 11.5 Å². The lowest BCUT2D eigenvalue weighted by Crippen LogP contribution is -2.04. The first kappa shape index (κ1) is 17.1. The number of ether oxygens (including phenoxy) is 1. The van der Waals surface area contributed by atoms with Crippen LogP contribution in [0.1, 0.15) is 24.2 Å². The Labute approximate surface area is 102 Å². The average molecular weight is 247 g/mol. The summed E-state index contributed by atoms with van der Waals surface area (Å²) in [5.74, 6) is -0.329. The number of nitrogens with two attached hydrogens (primary N) is 2. The van der Waals surface area contributed by atoms with Gasteiger partial charge in [-0.2, -0.15) is 0 Å². The molecule has 0 spiro atoms. The molecular formula is C11H19ClN2O2. The Morgan fingerprint density at radius 3 is 2.38 bits per heavy atom. The summed E-state index contributed by atoms with van der Waals surface area (Å²) in [6, 6.07) is 6.72. The van der Waals surface area contributed by atoms with Gasteiger partial charge in [-0.1, -0.05) is 13.0 Å². The van der Waals surface area contributed by atoms with E-state index in [1.807, 2.05) is 6.92 Å². The molecular weight excluding hydrogens is 228 g/mol. The van der Waals surface area contributed by atoms with Gasteiger partial charge in [0.2, 0.25) is 0 Å². The summed E-state index contributed by atoms with van der Waals surface area (Å²) in [6.07, 6.45) is 0. The predicted octanol–water partition coefficient (Wildman–Crippen LogP) is 1.83. The van der Waals surface area contributed by atoms with Crippen molar-refractivity contribution < 1.29 is 9.53 Å². The van der Waals surface area contributed by atoms with Crippen molar-refractivity contribution in [2.24, 2.45) is 5.73 Å². The van der Waals surface area contributed by atoms with E-state index in [-0.39, 0.29) is 18.4 Å². The first-order chi connectivity index (χ1) is 7.15. The Bertz CT molecular complexity index is 306. The molecule has 0 saturated heterocycles. The molecule has 1 aromatic carbocycles. The molecule has 0 heterocycles. The van der Waals surface area contributed by atoms with Crippen molar-refractivity contribution in [2.75, 3.05) is 18.9 Å². The van der Waals surface area contributed by atoms with E-state index >= 15 is 0 Å². The van der Waals surface area contributed by atoms with Crippen molar-refractivity contribution in [1.29, 1.82) is 0 Å². The minimum absolute atomic E-state index is 0. The third-order valence-electron chi connectivity index (χ3n) is 1.40. The van der Waals surface area contributed by atoms with Gasteiger partial charge in [-0.3, -0.25) is 0 Å². The van der Waals surface area contributed by atoms with E-state index in [1.54, 1.807) is 31.2 Å². The molecule has 0 bridgehead atoms. The van der Waals surface area contributed by atoms with Crippen molar-refractivity contribution in [2.45, 2.75) is 13.8 Å². The van der Waals surface area contributed by atoms with Gasteiger partial charge in [-0.05, 0) is 31.7 Å². The van der Waals surface area contributed by atoms with E-state index in [2.05, 4.69) is 0 Å². The molecule has 0 aromatic heterocycles. The van der Waals surface area contributed by atoms with Gasteiger partial charge in [0.15, 0.2) is 0 Å². The molecule has 0 atom stereocenters. The minimum Gasteiger partial charge on any atom is -0.462 e. The minimum atomic E-state index is -0.329. The fourth-order valence-electron chi connectivity index (χ4n) is 0.880. The van der Waals surface area contributed by atoms with Gasteiger partial charge in [-0.25, -0.2) is 4.79 Å². The molecule has 0 unspecified atom stereocenters. The number of benzene rings is 1. The summed E-state index contributed by atoms with van der Waals surface area (Å²) < 4.78 is 4.79. The second-order valence-corrected chi connectivity index (χ2v) is 2.75.